The van der Waals surface area contributed by atoms with Crippen molar-refractivity contribution in [1.82, 2.24) is 4.98 Å². The number of nitrogens with zero attached hydrogens (tertiary/aromatic N) is 1. The number of hydrogen-bond donors (Lipinski definition) is 3. The Balaban J connectivity index is 2.89. The number of aliphatic carboxylic acids is 1. The van der Waals surface area contributed by atoms with Crippen LogP contribution in [0.15, 0.2) is 12.3 Å². The van der Waals surface area contributed by atoms with Gasteiger partial charge >= 0.3 is 11.9 Å². The Hall–Kier alpha value is -2.02. The summed E-state index contributed by atoms with van der Waals surface area (Å²) < 4.78 is 13.1. The Labute approximate surface area is 89.5 Å². The van der Waals surface area contributed by atoms with Crippen LogP contribution < -0.4 is 5.73 Å². The fourth-order valence-electron chi connectivity index (χ4n) is 1.09. The van der Waals surface area contributed by atoms with Crippen LogP contribution in [0.1, 0.15) is 16.1 Å². The Morgan fingerprint density at radius 1 is 1.50 bits per heavy atom. The van der Waals surface area contributed by atoms with Crippen LogP contribution in [-0.2, 0) is 11.2 Å². The number of aromatic nitrogens is 1. The fourth-order valence-corrected chi connectivity index (χ4v) is 1.09. The normalized spacial score (nSPS) is 12.1. The SMILES string of the molecule is NC(Cc1cnc(C(=O)O)c(F)c1)C(=O)O. The van der Waals surface area contributed by atoms with Crippen molar-refractivity contribution >= 4 is 11.9 Å². The highest BCUT2D eigenvalue weighted by atomic mass is 19.1. The zero-order chi connectivity index (χ0) is 12.3. The van der Waals surface area contributed by atoms with Crippen LogP contribution in [0.5, 0.6) is 0 Å². The van der Waals surface area contributed by atoms with Crippen molar-refractivity contribution < 1.29 is 24.2 Å². The molecule has 0 aromatic carbocycles. The summed E-state index contributed by atoms with van der Waals surface area (Å²) in [5.41, 5.74) is 4.76. The molecule has 86 valence electrons. The Morgan fingerprint density at radius 3 is 2.56 bits per heavy atom. The van der Waals surface area contributed by atoms with E-state index in [1.54, 1.807) is 0 Å². The van der Waals surface area contributed by atoms with Gasteiger partial charge in [-0.2, -0.15) is 0 Å². The summed E-state index contributed by atoms with van der Waals surface area (Å²) in [6.45, 7) is 0. The summed E-state index contributed by atoms with van der Waals surface area (Å²) in [6.07, 6.45) is 0.981. The minimum atomic E-state index is -1.48. The summed E-state index contributed by atoms with van der Waals surface area (Å²) in [4.78, 5) is 24.2. The van der Waals surface area contributed by atoms with Crippen molar-refractivity contribution in [2.24, 2.45) is 5.73 Å². The third kappa shape index (κ3) is 2.74. The maximum atomic E-state index is 13.1. The molecule has 16 heavy (non-hydrogen) atoms. The molecule has 1 aromatic rings. The van der Waals surface area contributed by atoms with E-state index in [4.69, 9.17) is 15.9 Å². The molecule has 1 heterocycles. The molecule has 0 amide bonds. The quantitative estimate of drug-likeness (QED) is 0.661. The number of pyridine rings is 1. The topological polar surface area (TPSA) is 114 Å². The molecule has 1 aromatic heterocycles. The number of aromatic carboxylic acids is 1. The van der Waals surface area contributed by atoms with Gasteiger partial charge in [-0.15, -0.1) is 0 Å². The predicted octanol–water partition coefficient (Wildman–Crippen LogP) is -0.127. The van der Waals surface area contributed by atoms with Gasteiger partial charge in [0.1, 0.15) is 6.04 Å². The summed E-state index contributed by atoms with van der Waals surface area (Å²) in [7, 11) is 0. The fraction of sp³-hybridized carbons (Fsp3) is 0.222. The van der Waals surface area contributed by atoms with Crippen LogP contribution in [0, 0.1) is 5.82 Å². The summed E-state index contributed by atoms with van der Waals surface area (Å²) in [5, 5.41) is 17.0. The highest BCUT2D eigenvalue weighted by Gasteiger charge is 2.16. The van der Waals surface area contributed by atoms with E-state index < -0.39 is 29.5 Å². The van der Waals surface area contributed by atoms with E-state index in [-0.39, 0.29) is 12.0 Å². The van der Waals surface area contributed by atoms with E-state index in [1.165, 1.54) is 0 Å². The molecule has 1 rings (SSSR count). The highest BCUT2D eigenvalue weighted by Crippen LogP contribution is 2.08. The number of carbonyl (C=O) groups is 2. The van der Waals surface area contributed by atoms with E-state index in [0.717, 1.165) is 12.3 Å². The van der Waals surface area contributed by atoms with Gasteiger partial charge in [0.25, 0.3) is 0 Å². The molecule has 0 radical (unpaired) electrons. The summed E-state index contributed by atoms with van der Waals surface area (Å²) in [5.74, 6) is -3.71. The molecule has 0 saturated carbocycles. The molecule has 0 bridgehead atoms. The van der Waals surface area contributed by atoms with Gasteiger partial charge in [0, 0.05) is 6.20 Å². The molecule has 7 heteroatoms. The predicted molar refractivity (Wildman–Crippen MR) is 50.5 cm³/mol. The van der Waals surface area contributed by atoms with Crippen molar-refractivity contribution in [1.29, 1.82) is 0 Å². The van der Waals surface area contributed by atoms with E-state index in [2.05, 4.69) is 4.98 Å². The van der Waals surface area contributed by atoms with E-state index in [0.29, 0.717) is 0 Å². The van der Waals surface area contributed by atoms with Crippen LogP contribution in [0.3, 0.4) is 0 Å². The maximum absolute atomic E-state index is 13.1. The molecular formula is C9H9FN2O4. The Bertz CT molecular complexity index is 436. The standard InChI is InChI=1S/C9H9FN2O4/c10-5-1-4(2-6(11)8(13)14)3-12-7(5)9(15)16/h1,3,6H,2,11H2,(H,13,14)(H,15,16). The van der Waals surface area contributed by atoms with E-state index in [9.17, 15) is 14.0 Å². The molecule has 0 fully saturated rings. The minimum absolute atomic E-state index is 0.112. The molecule has 4 N–H and O–H groups in total. The number of halogens is 1. The second-order valence-corrected chi connectivity index (χ2v) is 3.13. The van der Waals surface area contributed by atoms with Gasteiger partial charge in [-0.25, -0.2) is 14.2 Å². The lowest BCUT2D eigenvalue weighted by atomic mass is 10.1. The van der Waals surface area contributed by atoms with Crippen LogP contribution in [0.4, 0.5) is 4.39 Å². The first-order valence-corrected chi connectivity index (χ1v) is 4.28. The van der Waals surface area contributed by atoms with Crippen LogP contribution >= 0.6 is 0 Å². The molecular weight excluding hydrogens is 219 g/mol. The number of hydrogen-bond acceptors (Lipinski definition) is 4. The van der Waals surface area contributed by atoms with Gasteiger partial charge in [-0.05, 0) is 18.1 Å². The largest absolute Gasteiger partial charge is 0.480 e. The van der Waals surface area contributed by atoms with Crippen LogP contribution in [0.25, 0.3) is 0 Å². The van der Waals surface area contributed by atoms with E-state index >= 15 is 0 Å². The molecule has 6 nitrogen and oxygen atoms in total. The lowest BCUT2D eigenvalue weighted by molar-refractivity contribution is -0.138. The zero-order valence-electron chi connectivity index (χ0n) is 8.05. The van der Waals surface area contributed by atoms with Crippen molar-refractivity contribution in [3.63, 3.8) is 0 Å². The zero-order valence-corrected chi connectivity index (χ0v) is 8.05. The summed E-state index contributed by atoms with van der Waals surface area (Å²) >= 11 is 0. The number of carboxylic acids is 2. The average molecular weight is 228 g/mol. The summed E-state index contributed by atoms with van der Waals surface area (Å²) in [6, 6.07) is -0.254. The first-order chi connectivity index (χ1) is 7.41. The number of rotatable bonds is 4. The molecule has 0 aliphatic carbocycles. The molecule has 0 saturated heterocycles. The Kier molecular flexibility index (Phi) is 3.51. The maximum Gasteiger partial charge on any atom is 0.357 e. The van der Waals surface area contributed by atoms with Crippen molar-refractivity contribution in [2.45, 2.75) is 12.5 Å². The molecule has 0 aliphatic heterocycles. The van der Waals surface area contributed by atoms with E-state index in [1.807, 2.05) is 0 Å². The first kappa shape index (κ1) is 12.1. The van der Waals surface area contributed by atoms with Crippen molar-refractivity contribution in [2.75, 3.05) is 0 Å². The van der Waals surface area contributed by atoms with Gasteiger partial charge < -0.3 is 15.9 Å². The number of nitrogens with two attached hydrogens (primary N) is 1. The van der Waals surface area contributed by atoms with Crippen LogP contribution in [0.2, 0.25) is 0 Å². The third-order valence-corrected chi connectivity index (χ3v) is 1.87. The lowest BCUT2D eigenvalue weighted by Crippen LogP contribution is -2.32. The van der Waals surface area contributed by atoms with Gasteiger partial charge in [-0.1, -0.05) is 0 Å². The second-order valence-electron chi connectivity index (χ2n) is 3.13. The molecule has 1 unspecified atom stereocenters. The van der Waals surface area contributed by atoms with Gasteiger partial charge in [0.2, 0.25) is 0 Å². The third-order valence-electron chi connectivity index (χ3n) is 1.87. The van der Waals surface area contributed by atoms with Gasteiger partial charge in [0.15, 0.2) is 11.5 Å². The van der Waals surface area contributed by atoms with Crippen LogP contribution in [-0.4, -0.2) is 33.2 Å². The van der Waals surface area contributed by atoms with Gasteiger partial charge in [-0.3, -0.25) is 4.79 Å². The minimum Gasteiger partial charge on any atom is -0.480 e. The first-order valence-electron chi connectivity index (χ1n) is 4.28. The molecule has 0 spiro atoms. The van der Waals surface area contributed by atoms with Crippen molar-refractivity contribution in [3.8, 4) is 0 Å². The lowest BCUT2D eigenvalue weighted by Gasteiger charge is -2.06. The molecule has 0 aliphatic rings. The average Bonchev–Trinajstić information content (AvgIpc) is 2.16. The number of carboxylic acid groups (broad SMARTS) is 2. The highest BCUT2D eigenvalue weighted by molar-refractivity contribution is 5.85. The monoisotopic (exact) mass is 228 g/mol. The van der Waals surface area contributed by atoms with Crippen molar-refractivity contribution in [3.05, 3.63) is 29.3 Å². The smallest absolute Gasteiger partial charge is 0.357 e. The van der Waals surface area contributed by atoms with Gasteiger partial charge in [0.05, 0.1) is 0 Å². The Morgan fingerprint density at radius 2 is 2.12 bits per heavy atom. The molecule has 1 atom stereocenters. The second kappa shape index (κ2) is 4.67.